The van der Waals surface area contributed by atoms with Gasteiger partial charge in [0.2, 0.25) is 0 Å². The predicted molar refractivity (Wildman–Crippen MR) is 113 cm³/mol. The van der Waals surface area contributed by atoms with Gasteiger partial charge in [0.1, 0.15) is 18.1 Å². The number of aromatic nitrogens is 2. The molecular formula is C22H22N4O4. The molecule has 0 saturated heterocycles. The second-order valence-corrected chi connectivity index (χ2v) is 6.67. The van der Waals surface area contributed by atoms with Gasteiger partial charge in [0.05, 0.1) is 6.54 Å². The molecule has 0 fully saturated rings. The van der Waals surface area contributed by atoms with Crippen LogP contribution in [0.15, 0.2) is 71.5 Å². The molecule has 8 heteroatoms. The molecule has 0 aliphatic heterocycles. The maximum absolute atomic E-state index is 12.5. The Balaban J connectivity index is 1.64. The van der Waals surface area contributed by atoms with Gasteiger partial charge in [-0.3, -0.25) is 14.4 Å². The summed E-state index contributed by atoms with van der Waals surface area (Å²) >= 11 is 0. The van der Waals surface area contributed by atoms with E-state index in [4.69, 9.17) is 4.74 Å². The zero-order valence-electron chi connectivity index (χ0n) is 16.7. The van der Waals surface area contributed by atoms with E-state index in [-0.39, 0.29) is 30.3 Å². The summed E-state index contributed by atoms with van der Waals surface area (Å²) < 4.78 is 6.77. The highest BCUT2D eigenvalue weighted by Crippen LogP contribution is 2.12. The van der Waals surface area contributed by atoms with Gasteiger partial charge < -0.3 is 15.0 Å². The number of carbonyl (C=O) groups excluding carboxylic acids is 2. The lowest BCUT2D eigenvalue weighted by molar-refractivity contribution is 0.0827. The third-order valence-corrected chi connectivity index (χ3v) is 4.21. The first-order valence-electron chi connectivity index (χ1n) is 9.33. The van der Waals surface area contributed by atoms with E-state index in [9.17, 15) is 14.4 Å². The fraction of sp³-hybridized carbons (Fsp3) is 0.182. The van der Waals surface area contributed by atoms with Crippen LogP contribution in [0.25, 0.3) is 0 Å². The van der Waals surface area contributed by atoms with E-state index in [1.165, 1.54) is 21.7 Å². The number of rotatable bonds is 7. The van der Waals surface area contributed by atoms with Crippen LogP contribution in [0.1, 0.15) is 20.8 Å². The van der Waals surface area contributed by atoms with Crippen molar-refractivity contribution >= 4 is 17.5 Å². The Morgan fingerprint density at radius 3 is 2.37 bits per heavy atom. The highest BCUT2D eigenvalue weighted by Gasteiger charge is 2.12. The van der Waals surface area contributed by atoms with E-state index in [1.807, 2.05) is 30.3 Å². The van der Waals surface area contributed by atoms with Crippen LogP contribution in [-0.2, 0) is 6.54 Å². The van der Waals surface area contributed by atoms with Gasteiger partial charge in [0, 0.05) is 31.4 Å². The Morgan fingerprint density at radius 1 is 1.00 bits per heavy atom. The average molecular weight is 406 g/mol. The number of hydrogen-bond donors (Lipinski definition) is 1. The summed E-state index contributed by atoms with van der Waals surface area (Å²) in [4.78, 5) is 37.9. The molecular weight excluding hydrogens is 384 g/mol. The first kappa shape index (κ1) is 20.8. The molecule has 0 radical (unpaired) electrons. The minimum absolute atomic E-state index is 0.0998. The Morgan fingerprint density at radius 2 is 1.70 bits per heavy atom. The number of hydrogen-bond acceptors (Lipinski definition) is 5. The average Bonchev–Trinajstić information content (AvgIpc) is 2.75. The topological polar surface area (TPSA) is 93.5 Å². The first-order chi connectivity index (χ1) is 14.4. The van der Waals surface area contributed by atoms with Gasteiger partial charge in [0.15, 0.2) is 0 Å². The number of nitrogens with one attached hydrogen (secondary N) is 1. The van der Waals surface area contributed by atoms with Crippen LogP contribution in [0, 0.1) is 0 Å². The monoisotopic (exact) mass is 406 g/mol. The van der Waals surface area contributed by atoms with Crippen molar-refractivity contribution in [3.8, 4) is 5.75 Å². The zero-order chi connectivity index (χ0) is 21.5. The van der Waals surface area contributed by atoms with Gasteiger partial charge in [-0.2, -0.15) is 5.10 Å². The van der Waals surface area contributed by atoms with E-state index < -0.39 is 5.91 Å². The molecule has 0 aliphatic rings. The van der Waals surface area contributed by atoms with Gasteiger partial charge in [-0.05, 0) is 42.5 Å². The summed E-state index contributed by atoms with van der Waals surface area (Å²) in [6.45, 7) is 0.444. The molecule has 0 atom stereocenters. The van der Waals surface area contributed by atoms with Gasteiger partial charge in [-0.15, -0.1) is 0 Å². The van der Waals surface area contributed by atoms with E-state index in [0.29, 0.717) is 17.0 Å². The van der Waals surface area contributed by atoms with Crippen molar-refractivity contribution in [2.45, 2.75) is 6.54 Å². The zero-order valence-corrected chi connectivity index (χ0v) is 16.7. The van der Waals surface area contributed by atoms with Gasteiger partial charge in [-0.25, -0.2) is 4.68 Å². The maximum Gasteiger partial charge on any atom is 0.276 e. The van der Waals surface area contributed by atoms with Crippen molar-refractivity contribution in [2.24, 2.45) is 0 Å². The van der Waals surface area contributed by atoms with Crippen molar-refractivity contribution in [1.82, 2.24) is 14.7 Å². The molecule has 2 amide bonds. The first-order valence-corrected chi connectivity index (χ1v) is 9.33. The number of para-hydroxylation sites is 1. The van der Waals surface area contributed by atoms with Crippen LogP contribution in [0.3, 0.4) is 0 Å². The molecule has 1 N–H and O–H groups in total. The lowest BCUT2D eigenvalue weighted by Gasteiger charge is -2.11. The summed E-state index contributed by atoms with van der Waals surface area (Å²) in [6.07, 6.45) is 0. The van der Waals surface area contributed by atoms with Crippen LogP contribution in [-0.4, -0.2) is 47.2 Å². The van der Waals surface area contributed by atoms with Crippen LogP contribution < -0.4 is 15.6 Å². The fourth-order valence-electron chi connectivity index (χ4n) is 2.65. The lowest BCUT2D eigenvalue weighted by atomic mass is 10.2. The number of carbonyl (C=O) groups is 2. The Hall–Kier alpha value is -3.94. The Labute approximate surface area is 173 Å². The minimum atomic E-state index is -0.459. The van der Waals surface area contributed by atoms with E-state index in [0.717, 1.165) is 0 Å². The summed E-state index contributed by atoms with van der Waals surface area (Å²) in [5, 5.41) is 6.83. The van der Waals surface area contributed by atoms with E-state index in [1.54, 1.807) is 38.4 Å². The van der Waals surface area contributed by atoms with Gasteiger partial charge >= 0.3 is 0 Å². The molecule has 3 aromatic rings. The minimum Gasteiger partial charge on any atom is -0.492 e. The third kappa shape index (κ3) is 5.32. The van der Waals surface area contributed by atoms with Gasteiger partial charge in [0.25, 0.3) is 17.4 Å². The second-order valence-electron chi connectivity index (χ2n) is 6.67. The van der Waals surface area contributed by atoms with Crippen molar-refractivity contribution < 1.29 is 14.3 Å². The van der Waals surface area contributed by atoms with Crippen LogP contribution >= 0.6 is 0 Å². The molecule has 30 heavy (non-hydrogen) atoms. The quantitative estimate of drug-likeness (QED) is 0.650. The summed E-state index contributed by atoms with van der Waals surface area (Å²) in [5.41, 5.74) is 0.808. The predicted octanol–water partition coefficient (Wildman–Crippen LogP) is 2.28. The van der Waals surface area contributed by atoms with Crippen molar-refractivity contribution in [3.63, 3.8) is 0 Å². The van der Waals surface area contributed by atoms with Crippen molar-refractivity contribution in [3.05, 3.63) is 88.3 Å². The fourth-order valence-corrected chi connectivity index (χ4v) is 2.65. The lowest BCUT2D eigenvalue weighted by Crippen LogP contribution is -2.28. The molecule has 0 spiro atoms. The number of ether oxygens (including phenoxy) is 1. The molecule has 2 aromatic carbocycles. The summed E-state index contributed by atoms with van der Waals surface area (Å²) in [6, 6.07) is 18.4. The smallest absolute Gasteiger partial charge is 0.276 e. The molecule has 0 bridgehead atoms. The Kier molecular flexibility index (Phi) is 6.59. The molecule has 0 saturated carbocycles. The molecule has 1 aromatic heterocycles. The number of anilines is 1. The maximum atomic E-state index is 12.5. The van der Waals surface area contributed by atoms with Crippen LogP contribution in [0.5, 0.6) is 5.75 Å². The van der Waals surface area contributed by atoms with E-state index >= 15 is 0 Å². The number of amides is 2. The molecule has 154 valence electrons. The SMILES string of the molecule is CN(C)C(=O)c1ccc(NC(=O)c2ccc(=O)n(CCOc3ccccc3)n2)cc1. The normalized spacial score (nSPS) is 10.3. The standard InChI is InChI=1S/C22H22N4O4/c1-25(2)22(29)16-8-10-17(11-9-16)23-21(28)19-12-13-20(27)26(24-19)14-15-30-18-6-4-3-5-7-18/h3-13H,14-15H2,1-2H3,(H,23,28). The number of benzene rings is 2. The van der Waals surface area contributed by atoms with Crippen molar-refractivity contribution in [2.75, 3.05) is 26.0 Å². The third-order valence-electron chi connectivity index (χ3n) is 4.21. The largest absolute Gasteiger partial charge is 0.492 e. The summed E-state index contributed by atoms with van der Waals surface area (Å²) in [5.74, 6) is 0.106. The highest BCUT2D eigenvalue weighted by atomic mass is 16.5. The van der Waals surface area contributed by atoms with Crippen molar-refractivity contribution in [1.29, 1.82) is 0 Å². The Bertz CT molecular complexity index is 1080. The molecule has 0 unspecified atom stereocenters. The van der Waals surface area contributed by atoms with E-state index in [2.05, 4.69) is 10.4 Å². The highest BCUT2D eigenvalue weighted by molar-refractivity contribution is 6.03. The molecule has 1 heterocycles. The van der Waals surface area contributed by atoms with Crippen LogP contribution in [0.4, 0.5) is 5.69 Å². The van der Waals surface area contributed by atoms with Gasteiger partial charge in [-0.1, -0.05) is 18.2 Å². The molecule has 0 aliphatic carbocycles. The summed E-state index contributed by atoms with van der Waals surface area (Å²) in [7, 11) is 3.34. The molecule has 8 nitrogen and oxygen atoms in total. The second kappa shape index (κ2) is 9.51. The molecule has 3 rings (SSSR count). The van der Waals surface area contributed by atoms with Crippen LogP contribution in [0.2, 0.25) is 0 Å². The number of nitrogens with zero attached hydrogens (tertiary/aromatic N) is 3.